The van der Waals surface area contributed by atoms with Crippen molar-refractivity contribution in [3.8, 4) is 0 Å². The van der Waals surface area contributed by atoms with Crippen molar-refractivity contribution in [3.63, 3.8) is 0 Å². The Bertz CT molecular complexity index is 1210. The summed E-state index contributed by atoms with van der Waals surface area (Å²) < 4.78 is 99.4. The molecule has 37 nitrogen and oxygen atoms in total. The first-order valence-corrected chi connectivity index (χ1v) is 39.3. The maximum Gasteiger partial charge on any atom is 0.0701 e. The molecule has 0 aromatic heterocycles. The quantitative estimate of drug-likeness (QED) is 0.0257. The van der Waals surface area contributed by atoms with Crippen LogP contribution in [0.5, 0.6) is 0 Å². The van der Waals surface area contributed by atoms with E-state index in [1.54, 1.807) is 0 Å². The van der Waals surface area contributed by atoms with Crippen molar-refractivity contribution in [3.05, 3.63) is 0 Å². The molecule has 0 rings (SSSR count). The first kappa shape index (κ1) is 124. The van der Waals surface area contributed by atoms with Crippen molar-refractivity contribution in [2.75, 3.05) is 369 Å². The van der Waals surface area contributed by atoms with Crippen molar-refractivity contribution in [1.82, 2.24) is 0 Å². The van der Waals surface area contributed by atoms with Crippen LogP contribution < -0.4 is 103 Å². The third kappa shape index (κ3) is 178. The number of unbranched alkanes of at least 4 members (excludes halogenated alkanes) is 6. The zero-order valence-electron chi connectivity index (χ0n) is 67.6. The molecule has 0 aliphatic heterocycles. The van der Waals surface area contributed by atoms with E-state index in [9.17, 15) is 0 Å². The van der Waals surface area contributed by atoms with E-state index in [1.807, 2.05) is 0 Å². The van der Waals surface area contributed by atoms with Gasteiger partial charge in [0.25, 0.3) is 0 Å². The predicted molar refractivity (Wildman–Crippen MR) is 433 cm³/mol. The summed E-state index contributed by atoms with van der Waals surface area (Å²) in [4.78, 5) is 0. The molecule has 0 aliphatic carbocycles. The lowest BCUT2D eigenvalue weighted by Crippen LogP contribution is -2.15. The van der Waals surface area contributed by atoms with E-state index >= 15 is 0 Å². The highest BCUT2D eigenvalue weighted by Crippen LogP contribution is 1.96. The van der Waals surface area contributed by atoms with E-state index in [0.717, 1.165) is 123 Å². The van der Waals surface area contributed by atoms with Gasteiger partial charge in [-0.05, 0) is 149 Å². The molecule has 0 aromatic carbocycles. The Morgan fingerprint density at radius 2 is 0.168 bits per heavy atom. The van der Waals surface area contributed by atoms with E-state index in [1.165, 1.54) is 19.3 Å². The van der Waals surface area contributed by atoms with Crippen LogP contribution in [0.15, 0.2) is 0 Å². The van der Waals surface area contributed by atoms with Gasteiger partial charge in [-0.15, -0.1) is 0 Å². The minimum atomic E-state index is 0.542. The molecule has 37 heteroatoms. The SMILES string of the molecule is NCCCCCCN.NCCCCCN.NCCCCN.NCCCN.NCCCOCCOCCOCCCN.NCCCOCCOCCOCCOCCCN.NCCOCCOCCOCCN.NCCOCCOCCOCCOCCN.NCCOCCOCCOCCOCCOCCN. The molecule has 107 heavy (non-hydrogen) atoms. The summed E-state index contributed by atoms with van der Waals surface area (Å²) in [7, 11) is 0. The Balaban J connectivity index is -0.000000148. The van der Waals surface area contributed by atoms with Gasteiger partial charge in [0.15, 0.2) is 0 Å². The summed E-state index contributed by atoms with van der Waals surface area (Å²) in [6.45, 7) is 35.0. The van der Waals surface area contributed by atoms with Crippen LogP contribution in [0.2, 0.25) is 0 Å². The molecule has 0 saturated carbocycles. The van der Waals surface area contributed by atoms with Crippen LogP contribution in [-0.2, 0) is 90.0 Å². The maximum absolute atomic E-state index is 5.33. The van der Waals surface area contributed by atoms with E-state index < -0.39 is 0 Å². The first-order chi connectivity index (χ1) is 52.7. The van der Waals surface area contributed by atoms with E-state index in [4.69, 9.17) is 193 Å². The topological polar surface area (TPSA) is 644 Å². The van der Waals surface area contributed by atoms with E-state index in [2.05, 4.69) is 0 Å². The largest absolute Gasteiger partial charge is 0.379 e. The van der Waals surface area contributed by atoms with Gasteiger partial charge in [-0.25, -0.2) is 0 Å². The molecule has 0 unspecified atom stereocenters. The molecule has 0 radical (unpaired) electrons. The molecule has 0 saturated heterocycles. The smallest absolute Gasteiger partial charge is 0.0701 e. The van der Waals surface area contributed by atoms with Crippen LogP contribution in [0.4, 0.5) is 0 Å². The molecular weight excluding hydrogens is 1400 g/mol. The molecule has 0 aliphatic rings. The zero-order valence-corrected chi connectivity index (χ0v) is 67.6. The fourth-order valence-electron chi connectivity index (χ4n) is 6.34. The second kappa shape index (κ2) is 146. The van der Waals surface area contributed by atoms with Crippen LogP contribution in [0, 0.1) is 0 Å². The fourth-order valence-corrected chi connectivity index (χ4v) is 6.34. The van der Waals surface area contributed by atoms with Gasteiger partial charge in [-0.1, -0.05) is 19.3 Å². The van der Waals surface area contributed by atoms with Crippen molar-refractivity contribution in [2.45, 2.75) is 89.9 Å². The van der Waals surface area contributed by atoms with Crippen molar-refractivity contribution < 1.29 is 90.0 Å². The van der Waals surface area contributed by atoms with Crippen LogP contribution in [0.25, 0.3) is 0 Å². The third-order valence-corrected chi connectivity index (χ3v) is 11.9. The second-order valence-electron chi connectivity index (χ2n) is 21.8. The molecule has 0 fully saturated rings. The molecule has 36 N–H and O–H groups in total. The number of hydrogen-bond donors (Lipinski definition) is 18. The molecule has 0 heterocycles. The van der Waals surface area contributed by atoms with Crippen LogP contribution >= 0.6 is 0 Å². The summed E-state index contributed by atoms with van der Waals surface area (Å²) in [5, 5.41) is 0. The number of hydrogen-bond acceptors (Lipinski definition) is 37. The average molecular weight is 1570 g/mol. The van der Waals surface area contributed by atoms with E-state index in [0.29, 0.717) is 317 Å². The summed E-state index contributed by atoms with van der Waals surface area (Å²) in [5.74, 6) is 0. The number of rotatable bonds is 80. The Morgan fingerprint density at radius 1 is 0.0748 bits per heavy atom. The summed E-state index contributed by atoms with van der Waals surface area (Å²) >= 11 is 0. The van der Waals surface area contributed by atoms with Gasteiger partial charge in [-0.2, -0.15) is 0 Å². The van der Waals surface area contributed by atoms with Crippen molar-refractivity contribution >= 4 is 0 Å². The Labute approximate surface area is 649 Å². The lowest BCUT2D eigenvalue weighted by molar-refractivity contribution is -0.00998. The molecule has 0 atom stereocenters. The first-order valence-electron chi connectivity index (χ1n) is 39.3. The molecule has 0 amide bonds. The Hall–Kier alpha value is -1.48. The van der Waals surface area contributed by atoms with Gasteiger partial charge in [0.2, 0.25) is 0 Å². The van der Waals surface area contributed by atoms with E-state index in [-0.39, 0.29) is 0 Å². The summed E-state index contributed by atoms with van der Waals surface area (Å²) in [6, 6.07) is 0. The van der Waals surface area contributed by atoms with Crippen molar-refractivity contribution in [2.24, 2.45) is 103 Å². The van der Waals surface area contributed by atoms with Gasteiger partial charge in [0.05, 0.1) is 225 Å². The lowest BCUT2D eigenvalue weighted by atomic mass is 10.2. The molecule has 0 aromatic rings. The van der Waals surface area contributed by atoms with Gasteiger partial charge in [-0.3, -0.25) is 0 Å². The minimum absolute atomic E-state index is 0.542. The number of ether oxygens (including phenoxy) is 19. The normalized spacial score (nSPS) is 10.5. The van der Waals surface area contributed by atoms with Crippen LogP contribution in [0.1, 0.15) is 89.9 Å². The predicted octanol–water partition coefficient (Wildman–Crippen LogP) is -4.09. The van der Waals surface area contributed by atoms with Crippen LogP contribution in [0.3, 0.4) is 0 Å². The van der Waals surface area contributed by atoms with Crippen LogP contribution in [-0.4, -0.2) is 369 Å². The summed E-state index contributed by atoms with van der Waals surface area (Å²) in [5.41, 5.74) is 94.2. The lowest BCUT2D eigenvalue weighted by Gasteiger charge is -2.07. The average Bonchev–Trinajstić information content (AvgIpc) is 3.87. The standard InChI is InChI=1S/C12H28N2O5.C12H28N2O4.C10H24N2O4.C10H24N2O3.C8H20N2O3.C6H16N2.C5H14N2.C4H12N2.C3H10N2/c13-1-3-15-5-7-17-9-11-19-12-10-18-8-6-16-4-2-14;13-3-1-5-15-7-9-17-11-12-18-10-8-16-6-2-4-14;11-1-3-13-5-7-15-9-10-16-8-6-14-4-2-12;11-3-1-5-13-7-9-15-10-8-14-6-2-4-12;9-1-3-11-5-7-13-8-6-12-4-2-10;7-5-3-1-2-4-6-8;6-4-2-1-3-5-7;5-3-1-2-4-6;4-2-1-3-5/h1-14H2;1-14H2;1-12H2;1-12H2;1-10H2;1-8H2;1-7H2;1-6H2;1-5H2. The molecule has 660 valence electrons. The Morgan fingerprint density at radius 3 is 0.271 bits per heavy atom. The molecule has 0 bridgehead atoms. The summed E-state index contributed by atoms with van der Waals surface area (Å²) in [6.07, 6.45) is 14.9. The van der Waals surface area contributed by atoms with Gasteiger partial charge in [0.1, 0.15) is 0 Å². The fraction of sp³-hybridized carbons (Fsp3) is 1.00. The van der Waals surface area contributed by atoms with Gasteiger partial charge < -0.3 is 193 Å². The van der Waals surface area contributed by atoms with Crippen molar-refractivity contribution in [1.29, 1.82) is 0 Å². The van der Waals surface area contributed by atoms with Gasteiger partial charge in [0, 0.05) is 65.7 Å². The Kier molecular flexibility index (Phi) is 169. The highest BCUT2D eigenvalue weighted by atomic mass is 16.6. The molecule has 0 spiro atoms. The van der Waals surface area contributed by atoms with Gasteiger partial charge >= 0.3 is 0 Å². The maximum atomic E-state index is 5.33. The zero-order chi connectivity index (χ0) is 80.9. The highest BCUT2D eigenvalue weighted by molar-refractivity contribution is 4.47. The highest BCUT2D eigenvalue weighted by Gasteiger charge is 1.98. The monoisotopic (exact) mass is 1570 g/mol. The molecular formula is C70H176N18O19. The minimum Gasteiger partial charge on any atom is -0.379 e. The number of nitrogens with two attached hydrogens (primary N) is 18. The third-order valence-electron chi connectivity index (χ3n) is 11.9. The second-order valence-corrected chi connectivity index (χ2v) is 21.8.